The molecule has 2 rings (SSSR count). The van der Waals surface area contributed by atoms with Crippen LogP contribution in [-0.4, -0.2) is 75.1 Å². The molecular formula is C25H34O10. The van der Waals surface area contributed by atoms with E-state index in [0.717, 1.165) is 6.92 Å². The lowest BCUT2D eigenvalue weighted by molar-refractivity contribution is -0.199. The molecule has 8 atom stereocenters. The van der Waals surface area contributed by atoms with E-state index in [1.54, 1.807) is 13.8 Å². The standard InChI is InChI=1S/C25H34O10/c1-8-11(3)22(29)33-18-16-14(6)24(31)34-19(16)21(35-23(30)12(4)9-2)25(7,32)20(28)15(26)10-13(5)17(18)27/h8-9,13,15-19,21,26-27,32H,6,10H2,1-5,7H3. The summed E-state index contributed by atoms with van der Waals surface area (Å²) in [5.41, 5.74) is -2.33. The fraction of sp³-hybridized carbons (Fsp3) is 0.600. The van der Waals surface area contributed by atoms with Gasteiger partial charge in [0.15, 0.2) is 23.6 Å². The predicted molar refractivity (Wildman–Crippen MR) is 123 cm³/mol. The molecule has 2 fully saturated rings. The molecule has 0 amide bonds. The average molecular weight is 495 g/mol. The van der Waals surface area contributed by atoms with E-state index in [4.69, 9.17) is 14.2 Å². The van der Waals surface area contributed by atoms with Gasteiger partial charge in [-0.1, -0.05) is 25.7 Å². The summed E-state index contributed by atoms with van der Waals surface area (Å²) in [7, 11) is 0. The maximum Gasteiger partial charge on any atom is 0.334 e. The van der Waals surface area contributed by atoms with E-state index in [9.17, 15) is 34.5 Å². The summed E-state index contributed by atoms with van der Waals surface area (Å²) < 4.78 is 16.4. The molecule has 1 saturated heterocycles. The second kappa shape index (κ2) is 10.8. The molecule has 194 valence electrons. The maximum absolute atomic E-state index is 13.1. The topological polar surface area (TPSA) is 157 Å². The molecule has 1 aliphatic carbocycles. The van der Waals surface area contributed by atoms with Crippen LogP contribution in [-0.2, 0) is 33.4 Å². The van der Waals surface area contributed by atoms with Crippen LogP contribution in [0.3, 0.4) is 0 Å². The van der Waals surface area contributed by atoms with Crippen LogP contribution < -0.4 is 0 Å². The number of ketones is 1. The third kappa shape index (κ3) is 5.55. The fourth-order valence-corrected chi connectivity index (χ4v) is 4.16. The highest BCUT2D eigenvalue weighted by Crippen LogP contribution is 2.41. The Morgan fingerprint density at radius 2 is 1.60 bits per heavy atom. The van der Waals surface area contributed by atoms with E-state index in [2.05, 4.69) is 6.58 Å². The molecule has 10 heteroatoms. The molecule has 8 unspecified atom stereocenters. The lowest BCUT2D eigenvalue weighted by atomic mass is 9.74. The zero-order chi connectivity index (χ0) is 26.8. The number of rotatable bonds is 4. The summed E-state index contributed by atoms with van der Waals surface area (Å²) in [6.07, 6.45) is -5.40. The number of carbonyl (C=O) groups excluding carboxylic acids is 4. The third-order valence-electron chi connectivity index (χ3n) is 6.77. The van der Waals surface area contributed by atoms with Gasteiger partial charge in [0.25, 0.3) is 0 Å². The zero-order valence-electron chi connectivity index (χ0n) is 20.8. The minimum Gasteiger partial charge on any atom is -0.455 e. The minimum absolute atomic E-state index is 0.144. The molecule has 0 bridgehead atoms. The number of esters is 3. The van der Waals surface area contributed by atoms with Gasteiger partial charge in [-0.3, -0.25) is 4.79 Å². The Kier molecular flexibility index (Phi) is 8.80. The molecule has 0 spiro atoms. The zero-order valence-corrected chi connectivity index (χ0v) is 20.8. The van der Waals surface area contributed by atoms with Crippen LogP contribution >= 0.6 is 0 Å². The first-order valence-electron chi connectivity index (χ1n) is 11.4. The number of fused-ring (bicyclic) bond motifs is 1. The van der Waals surface area contributed by atoms with Crippen molar-refractivity contribution in [1.29, 1.82) is 0 Å². The van der Waals surface area contributed by atoms with Gasteiger partial charge in [-0.05, 0) is 47.0 Å². The number of Topliss-reactive ketones (excluding diaryl/α,β-unsaturated/α-hetero) is 1. The molecule has 35 heavy (non-hydrogen) atoms. The molecule has 1 aliphatic heterocycles. The Morgan fingerprint density at radius 1 is 1.09 bits per heavy atom. The number of aliphatic hydroxyl groups is 3. The normalized spacial score (nSPS) is 36.8. The lowest BCUT2D eigenvalue weighted by Crippen LogP contribution is -2.61. The van der Waals surface area contributed by atoms with E-state index < -0.39 is 71.6 Å². The van der Waals surface area contributed by atoms with Crippen LogP contribution in [0.25, 0.3) is 0 Å². The van der Waals surface area contributed by atoms with Gasteiger partial charge in [-0.25, -0.2) is 14.4 Å². The Morgan fingerprint density at radius 3 is 2.11 bits per heavy atom. The predicted octanol–water partition coefficient (Wildman–Crippen LogP) is 0.922. The van der Waals surface area contributed by atoms with Crippen LogP contribution in [0.2, 0.25) is 0 Å². The van der Waals surface area contributed by atoms with Crippen molar-refractivity contribution in [2.45, 2.75) is 84.1 Å². The van der Waals surface area contributed by atoms with Crippen LogP contribution in [0.1, 0.15) is 48.0 Å². The molecule has 3 N–H and O–H groups in total. The Labute approximate surface area is 204 Å². The van der Waals surface area contributed by atoms with Crippen LogP contribution in [0.4, 0.5) is 0 Å². The molecule has 1 saturated carbocycles. The average Bonchev–Trinajstić information content (AvgIpc) is 3.10. The molecule has 2 aliphatic rings. The second-order valence-corrected chi connectivity index (χ2v) is 9.29. The highest BCUT2D eigenvalue weighted by Gasteiger charge is 2.60. The number of allylic oxidation sites excluding steroid dienone is 2. The van der Waals surface area contributed by atoms with Crippen LogP contribution in [0.15, 0.2) is 35.5 Å². The van der Waals surface area contributed by atoms with Crippen molar-refractivity contribution in [3.8, 4) is 0 Å². The summed E-state index contributed by atoms with van der Waals surface area (Å²) in [4.78, 5) is 51.0. The van der Waals surface area contributed by atoms with Gasteiger partial charge < -0.3 is 29.5 Å². The Hall–Kier alpha value is -2.82. The number of hydrogen-bond donors (Lipinski definition) is 3. The van der Waals surface area contributed by atoms with Gasteiger partial charge in [0.2, 0.25) is 0 Å². The van der Waals surface area contributed by atoms with E-state index in [1.807, 2.05) is 0 Å². The molecule has 0 aromatic heterocycles. The van der Waals surface area contributed by atoms with E-state index in [0.29, 0.717) is 0 Å². The number of ether oxygens (including phenoxy) is 3. The van der Waals surface area contributed by atoms with Crippen molar-refractivity contribution in [3.05, 3.63) is 35.5 Å². The molecule has 1 heterocycles. The first-order chi connectivity index (χ1) is 16.2. The fourth-order valence-electron chi connectivity index (χ4n) is 4.16. The van der Waals surface area contributed by atoms with Crippen molar-refractivity contribution >= 4 is 23.7 Å². The summed E-state index contributed by atoms with van der Waals surface area (Å²) in [5.74, 6) is -5.80. The largest absolute Gasteiger partial charge is 0.455 e. The molecule has 0 radical (unpaired) electrons. The molecule has 0 aromatic rings. The summed E-state index contributed by atoms with van der Waals surface area (Å²) >= 11 is 0. The first kappa shape index (κ1) is 28.4. The number of hydrogen-bond acceptors (Lipinski definition) is 10. The van der Waals surface area contributed by atoms with E-state index in [1.165, 1.54) is 32.9 Å². The molecular weight excluding hydrogens is 460 g/mol. The quantitative estimate of drug-likeness (QED) is 0.292. The SMILES string of the molecule is C=C1C(=O)OC2C1C(OC(=O)C(C)=CC)C(O)C(C)CC(O)C(=O)C(C)(O)C2OC(=O)C(C)=CC. The van der Waals surface area contributed by atoms with E-state index in [-0.39, 0.29) is 23.1 Å². The van der Waals surface area contributed by atoms with E-state index >= 15 is 0 Å². The van der Waals surface area contributed by atoms with Crippen molar-refractivity contribution in [2.75, 3.05) is 0 Å². The number of aliphatic hydroxyl groups excluding tert-OH is 2. The second-order valence-electron chi connectivity index (χ2n) is 9.29. The third-order valence-corrected chi connectivity index (χ3v) is 6.77. The summed E-state index contributed by atoms with van der Waals surface area (Å²) in [6.45, 7) is 12.4. The van der Waals surface area contributed by atoms with Crippen molar-refractivity contribution in [2.24, 2.45) is 11.8 Å². The Balaban J connectivity index is 2.72. The smallest absolute Gasteiger partial charge is 0.334 e. The molecule has 10 nitrogen and oxygen atoms in total. The summed E-state index contributed by atoms with van der Waals surface area (Å²) in [5, 5.41) is 32.9. The van der Waals surface area contributed by atoms with Crippen molar-refractivity contribution in [3.63, 3.8) is 0 Å². The van der Waals surface area contributed by atoms with Gasteiger partial charge in [-0.15, -0.1) is 0 Å². The van der Waals surface area contributed by atoms with Gasteiger partial charge in [0.1, 0.15) is 12.2 Å². The van der Waals surface area contributed by atoms with Crippen molar-refractivity contribution < 1.29 is 48.7 Å². The molecule has 0 aromatic carbocycles. The van der Waals surface area contributed by atoms with Gasteiger partial charge in [-0.2, -0.15) is 0 Å². The van der Waals surface area contributed by atoms with Crippen molar-refractivity contribution in [1.82, 2.24) is 0 Å². The van der Waals surface area contributed by atoms with Gasteiger partial charge >= 0.3 is 17.9 Å². The maximum atomic E-state index is 13.1. The first-order valence-corrected chi connectivity index (χ1v) is 11.4. The minimum atomic E-state index is -2.51. The number of carbonyl (C=O) groups is 4. The van der Waals surface area contributed by atoms with Crippen LogP contribution in [0, 0.1) is 11.8 Å². The summed E-state index contributed by atoms with van der Waals surface area (Å²) in [6, 6.07) is 0. The highest BCUT2D eigenvalue weighted by molar-refractivity contribution is 5.95. The highest BCUT2D eigenvalue weighted by atomic mass is 16.6. The lowest BCUT2D eigenvalue weighted by Gasteiger charge is -2.41. The Bertz CT molecular complexity index is 959. The van der Waals surface area contributed by atoms with Crippen LogP contribution in [0.5, 0.6) is 0 Å². The van der Waals surface area contributed by atoms with Gasteiger partial charge in [0, 0.05) is 16.7 Å². The monoisotopic (exact) mass is 494 g/mol. The van der Waals surface area contributed by atoms with Gasteiger partial charge in [0.05, 0.1) is 12.0 Å².